The Morgan fingerprint density at radius 2 is 1.71 bits per heavy atom. The van der Waals surface area contributed by atoms with Gasteiger partial charge in [-0.1, -0.05) is 24.1 Å². The molecule has 31 heavy (non-hydrogen) atoms. The number of carbonyl (C=O) groups excluding carboxylic acids is 1. The van der Waals surface area contributed by atoms with Crippen molar-refractivity contribution in [3.8, 4) is 17.6 Å². The van der Waals surface area contributed by atoms with E-state index in [1.807, 2.05) is 24.1 Å². The number of aliphatic carboxylic acids is 1. The maximum absolute atomic E-state index is 12.3. The second-order valence-corrected chi connectivity index (χ2v) is 6.67. The van der Waals surface area contributed by atoms with Crippen molar-refractivity contribution in [2.24, 2.45) is 0 Å². The fourth-order valence-corrected chi connectivity index (χ4v) is 2.65. The highest BCUT2D eigenvalue weighted by atomic mass is 19.4. The second kappa shape index (κ2) is 11.6. The lowest BCUT2D eigenvalue weighted by Gasteiger charge is -2.12. The number of ether oxygens (including phenoxy) is 1. The van der Waals surface area contributed by atoms with Crippen molar-refractivity contribution in [1.82, 2.24) is 5.32 Å². The predicted octanol–water partition coefficient (Wildman–Crippen LogP) is 4.55. The maximum atomic E-state index is 12.3. The summed E-state index contributed by atoms with van der Waals surface area (Å²) in [4.78, 5) is 22.8. The van der Waals surface area contributed by atoms with Crippen molar-refractivity contribution >= 4 is 11.9 Å². The lowest BCUT2D eigenvalue weighted by Crippen LogP contribution is -2.23. The standard InChI is InChI=1S/C23H22F3NO4/c24-23(25,26)14-13-17-9-11-18(12-10-17)22(30)27-16-19-6-3-4-7-20(19)31-15-5-1-2-8-21(28)29/h3-4,6-7,9-12H,1-2,5,8,15-16H2,(H,27,30)(H,28,29). The van der Waals surface area contributed by atoms with Crippen molar-refractivity contribution < 1.29 is 32.6 Å². The average Bonchev–Trinajstić information content (AvgIpc) is 2.73. The highest BCUT2D eigenvalue weighted by Crippen LogP contribution is 2.19. The van der Waals surface area contributed by atoms with Gasteiger partial charge in [-0.2, -0.15) is 13.2 Å². The lowest BCUT2D eigenvalue weighted by molar-refractivity contribution is -0.137. The Labute approximate surface area is 178 Å². The van der Waals surface area contributed by atoms with Crippen molar-refractivity contribution in [3.05, 3.63) is 65.2 Å². The van der Waals surface area contributed by atoms with E-state index in [1.54, 1.807) is 6.07 Å². The molecule has 2 rings (SSSR count). The normalized spacial score (nSPS) is 10.7. The number of para-hydroxylation sites is 1. The van der Waals surface area contributed by atoms with Crippen LogP contribution in [0.5, 0.6) is 5.75 Å². The maximum Gasteiger partial charge on any atom is 0.458 e. The van der Waals surface area contributed by atoms with Crippen LogP contribution < -0.4 is 10.1 Å². The molecule has 0 saturated heterocycles. The number of rotatable bonds is 10. The highest BCUT2D eigenvalue weighted by Gasteiger charge is 2.22. The Balaban J connectivity index is 1.86. The van der Waals surface area contributed by atoms with Crippen LogP contribution in [0.3, 0.4) is 0 Å². The third kappa shape index (κ3) is 9.26. The van der Waals surface area contributed by atoms with Crippen LogP contribution in [0.25, 0.3) is 0 Å². The van der Waals surface area contributed by atoms with E-state index < -0.39 is 12.1 Å². The van der Waals surface area contributed by atoms with E-state index in [4.69, 9.17) is 9.84 Å². The summed E-state index contributed by atoms with van der Waals surface area (Å²) in [7, 11) is 0. The fraction of sp³-hybridized carbons (Fsp3) is 0.304. The summed E-state index contributed by atoms with van der Waals surface area (Å²) in [6.45, 7) is 0.647. The number of benzene rings is 2. The van der Waals surface area contributed by atoms with Gasteiger partial charge in [0.2, 0.25) is 0 Å². The molecule has 8 heteroatoms. The van der Waals surface area contributed by atoms with Gasteiger partial charge in [-0.3, -0.25) is 9.59 Å². The molecule has 0 unspecified atom stereocenters. The monoisotopic (exact) mass is 433 g/mol. The van der Waals surface area contributed by atoms with Crippen LogP contribution in [0, 0.1) is 11.8 Å². The fourth-order valence-electron chi connectivity index (χ4n) is 2.65. The van der Waals surface area contributed by atoms with Gasteiger partial charge in [0.25, 0.3) is 5.91 Å². The van der Waals surface area contributed by atoms with Crippen LogP contribution >= 0.6 is 0 Å². The summed E-state index contributed by atoms with van der Waals surface area (Å²) in [5, 5.41) is 11.4. The van der Waals surface area contributed by atoms with Gasteiger partial charge in [-0.05, 0) is 49.6 Å². The molecular formula is C23H22F3NO4. The van der Waals surface area contributed by atoms with Gasteiger partial charge >= 0.3 is 12.1 Å². The van der Waals surface area contributed by atoms with Crippen LogP contribution in [0.1, 0.15) is 47.2 Å². The van der Waals surface area contributed by atoms with Crippen LogP contribution in [0.2, 0.25) is 0 Å². The van der Waals surface area contributed by atoms with E-state index in [0.29, 0.717) is 24.3 Å². The Morgan fingerprint density at radius 1 is 1.00 bits per heavy atom. The highest BCUT2D eigenvalue weighted by molar-refractivity contribution is 5.94. The van der Waals surface area contributed by atoms with Gasteiger partial charge in [-0.15, -0.1) is 0 Å². The van der Waals surface area contributed by atoms with E-state index in [0.717, 1.165) is 18.4 Å². The van der Waals surface area contributed by atoms with E-state index in [2.05, 4.69) is 5.32 Å². The Bertz CT molecular complexity index is 944. The summed E-state index contributed by atoms with van der Waals surface area (Å²) < 4.78 is 42.2. The van der Waals surface area contributed by atoms with Crippen molar-refractivity contribution in [1.29, 1.82) is 0 Å². The quantitative estimate of drug-likeness (QED) is 0.426. The first kappa shape index (κ1) is 23.8. The lowest BCUT2D eigenvalue weighted by atomic mass is 10.1. The molecular weight excluding hydrogens is 411 g/mol. The number of alkyl halides is 3. The molecule has 164 valence electrons. The molecule has 0 saturated carbocycles. The van der Waals surface area contributed by atoms with Gasteiger partial charge in [0.15, 0.2) is 0 Å². The summed E-state index contributed by atoms with van der Waals surface area (Å²) >= 11 is 0. The molecule has 0 aromatic heterocycles. The zero-order valence-corrected chi connectivity index (χ0v) is 16.7. The summed E-state index contributed by atoms with van der Waals surface area (Å²) in [6.07, 6.45) is -2.37. The molecule has 2 aromatic rings. The number of amides is 1. The Morgan fingerprint density at radius 3 is 2.39 bits per heavy atom. The number of carboxylic acid groups (broad SMARTS) is 1. The molecule has 0 aliphatic carbocycles. The Kier molecular flexibility index (Phi) is 8.94. The minimum absolute atomic E-state index is 0.137. The summed E-state index contributed by atoms with van der Waals surface area (Å²) in [6, 6.07) is 12.8. The summed E-state index contributed by atoms with van der Waals surface area (Å²) in [5.74, 6) is 2.62. The number of carbonyl (C=O) groups is 2. The van der Waals surface area contributed by atoms with E-state index >= 15 is 0 Å². The minimum atomic E-state index is -4.57. The molecule has 0 aliphatic rings. The zero-order valence-electron chi connectivity index (χ0n) is 16.7. The van der Waals surface area contributed by atoms with Crippen molar-refractivity contribution in [2.45, 2.75) is 38.4 Å². The molecule has 0 atom stereocenters. The van der Waals surface area contributed by atoms with Crippen molar-refractivity contribution in [3.63, 3.8) is 0 Å². The topological polar surface area (TPSA) is 75.6 Å². The van der Waals surface area contributed by atoms with Crippen LogP contribution in [0.15, 0.2) is 48.5 Å². The number of hydrogen-bond donors (Lipinski definition) is 2. The van der Waals surface area contributed by atoms with Gasteiger partial charge in [0.1, 0.15) is 5.75 Å². The average molecular weight is 433 g/mol. The first-order valence-corrected chi connectivity index (χ1v) is 9.65. The molecule has 0 radical (unpaired) electrons. The van der Waals surface area contributed by atoms with Gasteiger partial charge < -0.3 is 15.2 Å². The third-order valence-corrected chi connectivity index (χ3v) is 4.20. The SMILES string of the molecule is O=C(O)CCCCCOc1ccccc1CNC(=O)c1ccc(C#CC(F)(F)F)cc1. The number of nitrogens with one attached hydrogen (secondary N) is 1. The zero-order chi connectivity index (χ0) is 22.7. The number of hydrogen-bond acceptors (Lipinski definition) is 3. The minimum Gasteiger partial charge on any atom is -0.493 e. The first-order chi connectivity index (χ1) is 14.7. The molecule has 0 aliphatic heterocycles. The first-order valence-electron chi connectivity index (χ1n) is 9.65. The third-order valence-electron chi connectivity index (χ3n) is 4.20. The predicted molar refractivity (Wildman–Crippen MR) is 109 cm³/mol. The molecule has 5 nitrogen and oxygen atoms in total. The van der Waals surface area contributed by atoms with Gasteiger partial charge in [-0.25, -0.2) is 0 Å². The second-order valence-electron chi connectivity index (χ2n) is 6.67. The molecule has 1 amide bonds. The molecule has 0 bridgehead atoms. The molecule has 0 heterocycles. The molecule has 0 spiro atoms. The van der Waals surface area contributed by atoms with Crippen LogP contribution in [-0.2, 0) is 11.3 Å². The van der Waals surface area contributed by atoms with E-state index in [9.17, 15) is 22.8 Å². The van der Waals surface area contributed by atoms with Gasteiger partial charge in [0, 0.05) is 35.6 Å². The van der Waals surface area contributed by atoms with Crippen molar-refractivity contribution in [2.75, 3.05) is 6.61 Å². The van der Waals surface area contributed by atoms with Crippen LogP contribution in [0.4, 0.5) is 13.2 Å². The van der Waals surface area contributed by atoms with E-state index in [1.165, 1.54) is 30.2 Å². The Hall–Kier alpha value is -3.47. The molecule has 2 N–H and O–H groups in total. The molecule has 0 fully saturated rings. The number of carboxylic acids is 1. The molecule has 2 aromatic carbocycles. The van der Waals surface area contributed by atoms with Gasteiger partial charge in [0.05, 0.1) is 6.61 Å². The smallest absolute Gasteiger partial charge is 0.458 e. The van der Waals surface area contributed by atoms with E-state index in [-0.39, 0.29) is 24.4 Å². The number of halogens is 3. The van der Waals surface area contributed by atoms with Crippen LogP contribution in [-0.4, -0.2) is 29.8 Å². The largest absolute Gasteiger partial charge is 0.493 e. The number of unbranched alkanes of at least 4 members (excludes halogenated alkanes) is 2. The summed E-state index contributed by atoms with van der Waals surface area (Å²) in [5.41, 5.74) is 1.24.